The average Bonchev–Trinajstić information content (AvgIpc) is 2.77. The molecule has 7 heteroatoms. The molecule has 2 heterocycles. The summed E-state index contributed by atoms with van der Waals surface area (Å²) in [6, 6.07) is 3.62. The largest absolute Gasteiger partial charge is 0.481 e. The van der Waals surface area contributed by atoms with Gasteiger partial charge in [0, 0.05) is 5.56 Å². The van der Waals surface area contributed by atoms with Gasteiger partial charge in [0.2, 0.25) is 0 Å². The molecule has 0 unspecified atom stereocenters. The van der Waals surface area contributed by atoms with Crippen molar-refractivity contribution in [2.24, 2.45) is 0 Å². The van der Waals surface area contributed by atoms with Crippen molar-refractivity contribution in [3.05, 3.63) is 28.6 Å². The first kappa shape index (κ1) is 15.7. The molecule has 1 spiro atoms. The highest BCUT2D eigenvalue weighted by molar-refractivity contribution is 7.16. The number of benzene rings is 1. The highest BCUT2D eigenvalue weighted by Crippen LogP contribution is 2.53. The summed E-state index contributed by atoms with van der Waals surface area (Å²) in [6.45, 7) is 0. The van der Waals surface area contributed by atoms with E-state index in [1.807, 2.05) is 0 Å². The summed E-state index contributed by atoms with van der Waals surface area (Å²) in [5, 5.41) is 0.431. The molecule has 0 radical (unpaired) electrons. The predicted molar refractivity (Wildman–Crippen MR) is 87.0 cm³/mol. The summed E-state index contributed by atoms with van der Waals surface area (Å²) in [5.74, 6) is 0.268. The fourth-order valence-corrected chi connectivity index (χ4v) is 4.72. The number of rotatable bonds is 0. The van der Waals surface area contributed by atoms with Crippen molar-refractivity contribution in [1.82, 2.24) is 4.98 Å². The van der Waals surface area contributed by atoms with Crippen LogP contribution in [0.1, 0.15) is 49.0 Å². The minimum atomic E-state index is -4.39. The van der Waals surface area contributed by atoms with Gasteiger partial charge in [0.15, 0.2) is 5.13 Å². The summed E-state index contributed by atoms with van der Waals surface area (Å²) in [5.41, 5.74) is 5.92. The number of thiazole rings is 1. The summed E-state index contributed by atoms with van der Waals surface area (Å²) in [4.78, 5) is 5.37. The third kappa shape index (κ3) is 2.46. The number of aromatic nitrogens is 1. The molecule has 2 N–H and O–H groups in total. The zero-order valence-electron chi connectivity index (χ0n) is 12.9. The van der Waals surface area contributed by atoms with Crippen molar-refractivity contribution in [3.8, 4) is 17.0 Å². The molecular formula is C17H17F3N2OS. The monoisotopic (exact) mass is 354 g/mol. The number of fused-ring (bicyclic) bond motifs is 4. The van der Waals surface area contributed by atoms with Crippen LogP contribution < -0.4 is 10.5 Å². The standard InChI is InChI=1S/C17H17F3N2OS/c18-17(19,20)10-5-6-11-12(9-10)23-16(7-3-1-2-4-8-16)14-13(11)22-15(21)24-14/h5-6,9H,1-4,7-8H2,(H2,21,22). The van der Waals surface area contributed by atoms with Crippen LogP contribution >= 0.6 is 11.3 Å². The number of nitrogen functional groups attached to an aromatic ring is 1. The molecule has 1 saturated carbocycles. The summed E-state index contributed by atoms with van der Waals surface area (Å²) < 4.78 is 45.4. The van der Waals surface area contributed by atoms with E-state index in [0.717, 1.165) is 55.5 Å². The lowest BCUT2D eigenvalue weighted by Crippen LogP contribution is -2.34. The van der Waals surface area contributed by atoms with Crippen molar-refractivity contribution < 1.29 is 17.9 Å². The van der Waals surface area contributed by atoms with E-state index < -0.39 is 17.3 Å². The molecule has 0 bridgehead atoms. The van der Waals surface area contributed by atoms with Crippen molar-refractivity contribution in [3.63, 3.8) is 0 Å². The number of hydrogen-bond acceptors (Lipinski definition) is 4. The molecule has 0 saturated heterocycles. The number of halogens is 3. The molecule has 1 aliphatic carbocycles. The second-order valence-corrected chi connectivity index (χ2v) is 7.48. The van der Waals surface area contributed by atoms with E-state index in [2.05, 4.69) is 4.98 Å². The van der Waals surface area contributed by atoms with Crippen LogP contribution in [0.5, 0.6) is 5.75 Å². The van der Waals surface area contributed by atoms with Gasteiger partial charge < -0.3 is 10.5 Å². The Kier molecular flexibility index (Phi) is 3.53. The van der Waals surface area contributed by atoms with Gasteiger partial charge in [-0.15, -0.1) is 0 Å². The zero-order chi connectivity index (χ0) is 16.9. The van der Waals surface area contributed by atoms with Gasteiger partial charge >= 0.3 is 6.18 Å². The summed E-state index contributed by atoms with van der Waals surface area (Å²) in [7, 11) is 0. The Labute approximate surface area is 141 Å². The Hall–Kier alpha value is -1.76. The molecule has 128 valence electrons. The van der Waals surface area contributed by atoms with E-state index in [9.17, 15) is 13.2 Å². The molecule has 1 aromatic carbocycles. The molecule has 2 aromatic rings. The third-order valence-electron chi connectivity index (χ3n) is 4.84. The van der Waals surface area contributed by atoms with Gasteiger partial charge in [0.05, 0.1) is 16.1 Å². The Morgan fingerprint density at radius 1 is 1.12 bits per heavy atom. The van der Waals surface area contributed by atoms with Crippen molar-refractivity contribution >= 4 is 16.5 Å². The minimum Gasteiger partial charge on any atom is -0.481 e. The molecule has 1 fully saturated rings. The van der Waals surface area contributed by atoms with Gasteiger partial charge in [0.1, 0.15) is 11.4 Å². The summed E-state index contributed by atoms with van der Waals surface area (Å²) in [6.07, 6.45) is 1.40. The van der Waals surface area contributed by atoms with Crippen LogP contribution in [0.4, 0.5) is 18.3 Å². The van der Waals surface area contributed by atoms with Gasteiger partial charge in [-0.1, -0.05) is 24.2 Å². The minimum absolute atomic E-state index is 0.268. The highest BCUT2D eigenvalue weighted by atomic mass is 32.1. The highest BCUT2D eigenvalue weighted by Gasteiger charge is 2.44. The second-order valence-electron chi connectivity index (χ2n) is 6.45. The van der Waals surface area contributed by atoms with E-state index in [4.69, 9.17) is 10.5 Å². The molecule has 0 atom stereocenters. The Balaban J connectivity index is 1.88. The van der Waals surface area contributed by atoms with Crippen LogP contribution in [-0.2, 0) is 11.8 Å². The number of nitrogens with zero attached hydrogens (tertiary/aromatic N) is 1. The van der Waals surface area contributed by atoms with Gasteiger partial charge in [0.25, 0.3) is 0 Å². The predicted octanol–water partition coefficient (Wildman–Crippen LogP) is 5.35. The maximum absolute atomic E-state index is 13.1. The molecule has 1 aromatic heterocycles. The SMILES string of the molecule is Nc1nc2c(s1)C1(CCCCCC1)Oc1cc(C(F)(F)F)ccc1-2. The lowest BCUT2D eigenvalue weighted by molar-refractivity contribution is -0.137. The van der Waals surface area contributed by atoms with Gasteiger partial charge in [-0.25, -0.2) is 4.98 Å². The van der Waals surface area contributed by atoms with E-state index in [0.29, 0.717) is 16.4 Å². The van der Waals surface area contributed by atoms with Gasteiger partial charge in [-0.2, -0.15) is 13.2 Å². The smallest absolute Gasteiger partial charge is 0.416 e. The first-order valence-electron chi connectivity index (χ1n) is 8.06. The number of hydrogen-bond donors (Lipinski definition) is 1. The summed E-state index contributed by atoms with van der Waals surface area (Å²) >= 11 is 1.40. The first-order chi connectivity index (χ1) is 11.4. The molecule has 0 amide bonds. The molecular weight excluding hydrogens is 337 g/mol. The lowest BCUT2D eigenvalue weighted by Gasteiger charge is -2.37. The average molecular weight is 354 g/mol. The quantitative estimate of drug-likeness (QED) is 0.693. The third-order valence-corrected chi connectivity index (χ3v) is 5.91. The van der Waals surface area contributed by atoms with Crippen molar-refractivity contribution in [2.75, 3.05) is 5.73 Å². The van der Waals surface area contributed by atoms with Crippen molar-refractivity contribution in [2.45, 2.75) is 50.3 Å². The van der Waals surface area contributed by atoms with E-state index in [-0.39, 0.29) is 5.75 Å². The molecule has 3 nitrogen and oxygen atoms in total. The Morgan fingerprint density at radius 3 is 2.50 bits per heavy atom. The van der Waals surface area contributed by atoms with Crippen LogP contribution in [0.25, 0.3) is 11.3 Å². The topological polar surface area (TPSA) is 48.1 Å². The van der Waals surface area contributed by atoms with Crippen LogP contribution in [-0.4, -0.2) is 4.98 Å². The van der Waals surface area contributed by atoms with Gasteiger partial charge in [-0.05, 0) is 43.9 Å². The lowest BCUT2D eigenvalue weighted by atomic mass is 9.87. The molecule has 2 aliphatic rings. The fraction of sp³-hybridized carbons (Fsp3) is 0.471. The number of alkyl halides is 3. The molecule has 1 aliphatic heterocycles. The Morgan fingerprint density at radius 2 is 1.83 bits per heavy atom. The van der Waals surface area contributed by atoms with Crippen LogP contribution in [0.3, 0.4) is 0 Å². The zero-order valence-corrected chi connectivity index (χ0v) is 13.8. The van der Waals surface area contributed by atoms with Crippen LogP contribution in [0.2, 0.25) is 0 Å². The van der Waals surface area contributed by atoms with Crippen molar-refractivity contribution in [1.29, 1.82) is 0 Å². The fourth-order valence-electron chi connectivity index (χ4n) is 3.69. The maximum Gasteiger partial charge on any atom is 0.416 e. The van der Waals surface area contributed by atoms with E-state index in [1.165, 1.54) is 17.4 Å². The maximum atomic E-state index is 13.1. The normalized spacial score (nSPS) is 19.3. The second kappa shape index (κ2) is 5.37. The van der Waals surface area contributed by atoms with Gasteiger partial charge in [-0.3, -0.25) is 0 Å². The van der Waals surface area contributed by atoms with E-state index in [1.54, 1.807) is 0 Å². The van der Waals surface area contributed by atoms with Crippen LogP contribution in [0, 0.1) is 0 Å². The Bertz CT molecular complexity index is 777. The first-order valence-corrected chi connectivity index (χ1v) is 8.88. The number of nitrogens with two attached hydrogens (primary N) is 1. The number of anilines is 1. The number of ether oxygens (including phenoxy) is 1. The van der Waals surface area contributed by atoms with E-state index >= 15 is 0 Å². The van der Waals surface area contributed by atoms with Crippen LogP contribution in [0.15, 0.2) is 18.2 Å². The molecule has 4 rings (SSSR count). The molecule has 24 heavy (non-hydrogen) atoms.